The van der Waals surface area contributed by atoms with Crippen LogP contribution in [0, 0.1) is 0 Å². The lowest BCUT2D eigenvalue weighted by molar-refractivity contribution is -0.129. The molecule has 1 aromatic carbocycles. The predicted molar refractivity (Wildman–Crippen MR) is 113 cm³/mol. The fourth-order valence-corrected chi connectivity index (χ4v) is 4.51. The van der Waals surface area contributed by atoms with Gasteiger partial charge in [0.2, 0.25) is 5.91 Å². The minimum Gasteiger partial charge on any atom is -0.369 e. The second-order valence-corrected chi connectivity index (χ2v) is 8.09. The summed E-state index contributed by atoms with van der Waals surface area (Å²) in [5.74, 6) is 1.17. The van der Waals surface area contributed by atoms with Gasteiger partial charge < -0.3 is 14.7 Å². The monoisotopic (exact) mass is 382 g/mol. The Morgan fingerprint density at radius 3 is 2.64 bits per heavy atom. The molecule has 1 aromatic heterocycles. The summed E-state index contributed by atoms with van der Waals surface area (Å²) in [5, 5.41) is 1.09. The molecular weight excluding hydrogens is 352 g/mol. The molecule has 3 heterocycles. The Balaban J connectivity index is 1.42. The van der Waals surface area contributed by atoms with Crippen molar-refractivity contribution in [2.24, 2.45) is 0 Å². The first kappa shape index (κ1) is 18.9. The first-order valence-electron chi connectivity index (χ1n) is 10.2. The van der Waals surface area contributed by atoms with E-state index in [0.717, 1.165) is 68.8 Å². The summed E-state index contributed by atoms with van der Waals surface area (Å²) in [6, 6.07) is 6.87. The average Bonchev–Trinajstić information content (AvgIpc) is 3.16. The van der Waals surface area contributed by atoms with Crippen LogP contribution >= 0.6 is 0 Å². The zero-order chi connectivity index (χ0) is 19.7. The van der Waals surface area contributed by atoms with Gasteiger partial charge in [0.05, 0.1) is 5.52 Å². The van der Waals surface area contributed by atoms with Gasteiger partial charge in [-0.15, -0.1) is 0 Å². The third kappa shape index (κ3) is 3.76. The van der Waals surface area contributed by atoms with E-state index in [2.05, 4.69) is 42.9 Å². The molecule has 0 spiro atoms. The third-order valence-corrected chi connectivity index (χ3v) is 6.01. The highest BCUT2D eigenvalue weighted by molar-refractivity contribution is 5.91. The van der Waals surface area contributed by atoms with Gasteiger partial charge in [-0.1, -0.05) is 0 Å². The number of anilines is 2. The Labute approximate surface area is 166 Å². The molecule has 0 radical (unpaired) electrons. The fourth-order valence-electron chi connectivity index (χ4n) is 4.51. The molecule has 0 aliphatic carbocycles. The number of benzene rings is 1. The second kappa shape index (κ2) is 7.91. The van der Waals surface area contributed by atoms with Crippen LogP contribution in [-0.2, 0) is 4.79 Å². The molecule has 0 bridgehead atoms. The van der Waals surface area contributed by atoms with Gasteiger partial charge >= 0.3 is 0 Å². The molecule has 1 atom stereocenters. The summed E-state index contributed by atoms with van der Waals surface area (Å²) in [4.78, 5) is 29.7. The standard InChI is InChI=1S/C21H30N6O/c1-16(28)27-8-4-5-18(27)14-25-9-11-26(12-10-25)17-6-7-20-19(13-17)21(24(2)3)23-15-22-20/h6-7,13,15,18H,4-5,8-12,14H2,1-3H3. The minimum atomic E-state index is 0.219. The molecule has 0 saturated carbocycles. The summed E-state index contributed by atoms with van der Waals surface area (Å²) in [6.45, 7) is 7.70. The van der Waals surface area contributed by atoms with Crippen LogP contribution in [0.15, 0.2) is 24.5 Å². The number of amides is 1. The topological polar surface area (TPSA) is 55.8 Å². The van der Waals surface area contributed by atoms with Crippen LogP contribution in [0.25, 0.3) is 10.9 Å². The lowest BCUT2D eigenvalue weighted by Gasteiger charge is -2.38. The molecular formula is C21H30N6O. The Hall–Kier alpha value is -2.41. The van der Waals surface area contributed by atoms with Crippen LogP contribution in [0.1, 0.15) is 19.8 Å². The molecule has 150 valence electrons. The number of nitrogens with zero attached hydrogens (tertiary/aromatic N) is 6. The maximum absolute atomic E-state index is 11.8. The number of hydrogen-bond acceptors (Lipinski definition) is 6. The lowest BCUT2D eigenvalue weighted by Crippen LogP contribution is -2.51. The molecule has 7 nitrogen and oxygen atoms in total. The molecule has 2 fully saturated rings. The normalized spacial score (nSPS) is 20.8. The van der Waals surface area contributed by atoms with Gasteiger partial charge in [0.1, 0.15) is 12.1 Å². The number of piperazine rings is 1. The highest BCUT2D eigenvalue weighted by atomic mass is 16.2. The number of hydrogen-bond donors (Lipinski definition) is 0. The van der Waals surface area contributed by atoms with E-state index in [1.165, 1.54) is 5.69 Å². The summed E-state index contributed by atoms with van der Waals surface area (Å²) < 4.78 is 0. The highest BCUT2D eigenvalue weighted by Crippen LogP contribution is 2.27. The molecule has 2 saturated heterocycles. The van der Waals surface area contributed by atoms with E-state index >= 15 is 0 Å². The Morgan fingerprint density at radius 1 is 1.14 bits per heavy atom. The summed E-state index contributed by atoms with van der Waals surface area (Å²) in [7, 11) is 4.03. The van der Waals surface area contributed by atoms with Crippen molar-refractivity contribution in [2.45, 2.75) is 25.8 Å². The van der Waals surface area contributed by atoms with Gasteiger partial charge in [0.15, 0.2) is 0 Å². The summed E-state index contributed by atoms with van der Waals surface area (Å²) in [6.07, 6.45) is 3.90. The van der Waals surface area contributed by atoms with Crippen molar-refractivity contribution < 1.29 is 4.79 Å². The quantitative estimate of drug-likeness (QED) is 0.804. The average molecular weight is 383 g/mol. The van der Waals surface area contributed by atoms with Crippen LogP contribution in [0.5, 0.6) is 0 Å². The molecule has 2 aliphatic heterocycles. The molecule has 0 N–H and O–H groups in total. The van der Waals surface area contributed by atoms with Gasteiger partial charge in [-0.3, -0.25) is 9.69 Å². The number of rotatable bonds is 4. The van der Waals surface area contributed by atoms with Crippen LogP contribution in [0.3, 0.4) is 0 Å². The van der Waals surface area contributed by atoms with Gasteiger partial charge in [-0.25, -0.2) is 9.97 Å². The molecule has 28 heavy (non-hydrogen) atoms. The van der Waals surface area contributed by atoms with E-state index in [1.807, 2.05) is 19.0 Å². The zero-order valence-corrected chi connectivity index (χ0v) is 17.1. The zero-order valence-electron chi connectivity index (χ0n) is 17.1. The summed E-state index contributed by atoms with van der Waals surface area (Å²) in [5.41, 5.74) is 2.21. The molecule has 1 unspecified atom stereocenters. The van der Waals surface area contributed by atoms with Crippen LogP contribution in [-0.4, -0.2) is 85.1 Å². The van der Waals surface area contributed by atoms with Crippen molar-refractivity contribution in [3.05, 3.63) is 24.5 Å². The van der Waals surface area contributed by atoms with Crippen LogP contribution in [0.2, 0.25) is 0 Å². The van der Waals surface area contributed by atoms with Crippen molar-refractivity contribution in [2.75, 3.05) is 63.2 Å². The second-order valence-electron chi connectivity index (χ2n) is 8.09. The molecule has 7 heteroatoms. The molecule has 2 aromatic rings. The first-order chi connectivity index (χ1) is 13.5. The predicted octanol–water partition coefficient (Wildman–Crippen LogP) is 1.83. The third-order valence-electron chi connectivity index (χ3n) is 6.01. The lowest BCUT2D eigenvalue weighted by atomic mass is 10.1. The van der Waals surface area contributed by atoms with E-state index in [9.17, 15) is 4.79 Å². The van der Waals surface area contributed by atoms with E-state index in [-0.39, 0.29) is 5.91 Å². The number of carbonyl (C=O) groups is 1. The Morgan fingerprint density at radius 2 is 1.93 bits per heavy atom. The first-order valence-corrected chi connectivity index (χ1v) is 10.2. The smallest absolute Gasteiger partial charge is 0.219 e. The number of fused-ring (bicyclic) bond motifs is 1. The van der Waals surface area contributed by atoms with Gasteiger partial charge in [-0.2, -0.15) is 0 Å². The van der Waals surface area contributed by atoms with E-state index in [0.29, 0.717) is 6.04 Å². The maximum Gasteiger partial charge on any atom is 0.219 e. The van der Waals surface area contributed by atoms with E-state index in [4.69, 9.17) is 0 Å². The highest BCUT2D eigenvalue weighted by Gasteiger charge is 2.29. The molecule has 2 aliphatic rings. The van der Waals surface area contributed by atoms with Crippen LogP contribution < -0.4 is 9.80 Å². The van der Waals surface area contributed by atoms with Crippen molar-refractivity contribution >= 4 is 28.3 Å². The molecule has 1 amide bonds. The van der Waals surface area contributed by atoms with Crippen molar-refractivity contribution in [1.82, 2.24) is 19.8 Å². The number of likely N-dealkylation sites (tertiary alicyclic amines) is 1. The summed E-state index contributed by atoms with van der Waals surface area (Å²) >= 11 is 0. The Kier molecular flexibility index (Phi) is 5.35. The SMILES string of the molecule is CC(=O)N1CCCC1CN1CCN(c2ccc3ncnc(N(C)C)c3c2)CC1. The molecule has 4 rings (SSSR count). The Bertz CT molecular complexity index is 846. The minimum absolute atomic E-state index is 0.219. The van der Waals surface area contributed by atoms with Gasteiger partial charge in [0, 0.05) is 77.4 Å². The van der Waals surface area contributed by atoms with Crippen molar-refractivity contribution in [3.63, 3.8) is 0 Å². The van der Waals surface area contributed by atoms with Crippen molar-refractivity contribution in [1.29, 1.82) is 0 Å². The van der Waals surface area contributed by atoms with Crippen molar-refractivity contribution in [3.8, 4) is 0 Å². The fraction of sp³-hybridized carbons (Fsp3) is 0.571. The largest absolute Gasteiger partial charge is 0.369 e. The number of aromatic nitrogens is 2. The maximum atomic E-state index is 11.8. The van der Waals surface area contributed by atoms with Gasteiger partial charge in [-0.05, 0) is 31.0 Å². The van der Waals surface area contributed by atoms with E-state index in [1.54, 1.807) is 13.3 Å². The van der Waals surface area contributed by atoms with E-state index < -0.39 is 0 Å². The number of carbonyl (C=O) groups excluding carboxylic acids is 1. The van der Waals surface area contributed by atoms with Gasteiger partial charge in [0.25, 0.3) is 0 Å². The van der Waals surface area contributed by atoms with Crippen LogP contribution in [0.4, 0.5) is 11.5 Å².